The van der Waals surface area contributed by atoms with Gasteiger partial charge in [0.05, 0.1) is 18.4 Å². The molecule has 8 nitrogen and oxygen atoms in total. The number of rotatable bonds is 6. The zero-order valence-electron chi connectivity index (χ0n) is 19.3. The molecule has 1 amide bonds. The first-order chi connectivity index (χ1) is 16.6. The molecular formula is C26H27N5O3. The molecule has 0 radical (unpaired) electrons. The highest BCUT2D eigenvalue weighted by atomic mass is 16.5. The number of benzene rings is 2. The summed E-state index contributed by atoms with van der Waals surface area (Å²) in [6.45, 7) is 4.94. The van der Waals surface area contributed by atoms with Gasteiger partial charge in [0, 0.05) is 50.0 Å². The van der Waals surface area contributed by atoms with E-state index in [1.807, 2.05) is 42.5 Å². The van der Waals surface area contributed by atoms with Gasteiger partial charge < -0.3 is 19.4 Å². The van der Waals surface area contributed by atoms with E-state index in [0.717, 1.165) is 38.3 Å². The molecule has 0 saturated carbocycles. The molecule has 0 bridgehead atoms. The summed E-state index contributed by atoms with van der Waals surface area (Å²) in [6.07, 6.45) is 1.67. The monoisotopic (exact) mass is 457 g/mol. The van der Waals surface area contributed by atoms with Gasteiger partial charge in [0.1, 0.15) is 5.75 Å². The van der Waals surface area contributed by atoms with Gasteiger partial charge >= 0.3 is 0 Å². The summed E-state index contributed by atoms with van der Waals surface area (Å²) in [5.41, 5.74) is 4.02. The lowest BCUT2D eigenvalue weighted by Gasteiger charge is -2.32. The average Bonchev–Trinajstić information content (AvgIpc) is 3.30. The molecule has 4 aromatic rings. The van der Waals surface area contributed by atoms with Gasteiger partial charge in [0.15, 0.2) is 11.2 Å². The third kappa shape index (κ3) is 4.64. The number of nitrogens with zero attached hydrogens (tertiary/aromatic N) is 4. The molecule has 174 valence electrons. The van der Waals surface area contributed by atoms with E-state index in [9.17, 15) is 4.79 Å². The number of piperazine rings is 1. The van der Waals surface area contributed by atoms with Crippen LogP contribution >= 0.6 is 0 Å². The number of hydrogen-bond donors (Lipinski definition) is 1. The number of likely N-dealkylation sites (N-methyl/N-ethyl adjacent to an activating group) is 1. The molecular weight excluding hydrogens is 430 g/mol. The number of anilines is 1. The van der Waals surface area contributed by atoms with Gasteiger partial charge in [0.2, 0.25) is 5.89 Å². The Morgan fingerprint density at radius 1 is 1.09 bits per heavy atom. The predicted octanol–water partition coefficient (Wildman–Crippen LogP) is 3.90. The van der Waals surface area contributed by atoms with Crippen molar-refractivity contribution in [1.82, 2.24) is 19.8 Å². The Balaban J connectivity index is 1.35. The molecule has 1 saturated heterocycles. The van der Waals surface area contributed by atoms with E-state index in [0.29, 0.717) is 39.7 Å². The number of nitrogens with one attached hydrogen (secondary N) is 1. The van der Waals surface area contributed by atoms with E-state index in [4.69, 9.17) is 9.15 Å². The van der Waals surface area contributed by atoms with E-state index in [-0.39, 0.29) is 5.91 Å². The standard InChI is InChI=1S/C26H27N5O3/c1-30-12-14-31(15-13-30)17-19-10-9-18(16-23(19)33-2)25(32)28-21-7-4-3-6-20(21)26-29-24-22(34-26)8-5-11-27-24/h3-11,16H,12-15,17H2,1-2H3,(H,28,32). The Hall–Kier alpha value is -3.75. The Morgan fingerprint density at radius 2 is 1.91 bits per heavy atom. The number of amides is 1. The van der Waals surface area contributed by atoms with Crippen LogP contribution in [0.15, 0.2) is 65.2 Å². The average molecular weight is 458 g/mol. The largest absolute Gasteiger partial charge is 0.496 e. The van der Waals surface area contributed by atoms with Crippen molar-refractivity contribution < 1.29 is 13.9 Å². The number of carbonyl (C=O) groups excluding carboxylic acids is 1. The number of para-hydroxylation sites is 1. The maximum Gasteiger partial charge on any atom is 0.255 e. The number of pyridine rings is 1. The first-order valence-corrected chi connectivity index (χ1v) is 11.3. The second-order valence-corrected chi connectivity index (χ2v) is 8.45. The fraction of sp³-hybridized carbons (Fsp3) is 0.269. The molecule has 1 fully saturated rings. The molecule has 34 heavy (non-hydrogen) atoms. The highest BCUT2D eigenvalue weighted by Gasteiger charge is 2.18. The zero-order chi connectivity index (χ0) is 23.5. The second kappa shape index (κ2) is 9.62. The third-order valence-corrected chi connectivity index (χ3v) is 6.11. The van der Waals surface area contributed by atoms with Crippen LogP contribution in [0.25, 0.3) is 22.7 Å². The van der Waals surface area contributed by atoms with E-state index in [2.05, 4.69) is 32.1 Å². The van der Waals surface area contributed by atoms with E-state index >= 15 is 0 Å². The van der Waals surface area contributed by atoms with Crippen LogP contribution in [-0.4, -0.2) is 66.0 Å². The molecule has 0 aliphatic carbocycles. The van der Waals surface area contributed by atoms with Crippen molar-refractivity contribution in [3.05, 3.63) is 71.9 Å². The summed E-state index contributed by atoms with van der Waals surface area (Å²) >= 11 is 0. The molecule has 0 unspecified atom stereocenters. The highest BCUT2D eigenvalue weighted by molar-refractivity contribution is 6.06. The fourth-order valence-electron chi connectivity index (χ4n) is 4.12. The van der Waals surface area contributed by atoms with Crippen LogP contribution in [0.4, 0.5) is 5.69 Å². The molecule has 3 heterocycles. The first-order valence-electron chi connectivity index (χ1n) is 11.3. The molecule has 1 N–H and O–H groups in total. The minimum Gasteiger partial charge on any atom is -0.496 e. The molecule has 2 aromatic heterocycles. The Kier molecular flexibility index (Phi) is 6.24. The Bertz CT molecular complexity index is 1280. The molecule has 0 spiro atoms. The second-order valence-electron chi connectivity index (χ2n) is 8.45. The quantitative estimate of drug-likeness (QED) is 0.470. The van der Waals surface area contributed by atoms with Crippen LogP contribution in [-0.2, 0) is 6.54 Å². The van der Waals surface area contributed by atoms with Crippen LogP contribution < -0.4 is 10.1 Å². The molecule has 8 heteroatoms. The van der Waals surface area contributed by atoms with Gasteiger partial charge in [-0.2, -0.15) is 4.98 Å². The maximum absolute atomic E-state index is 13.1. The number of oxazole rings is 1. The summed E-state index contributed by atoms with van der Waals surface area (Å²) < 4.78 is 11.5. The summed E-state index contributed by atoms with van der Waals surface area (Å²) in [7, 11) is 3.78. The van der Waals surface area contributed by atoms with Crippen LogP contribution in [0.3, 0.4) is 0 Å². The summed E-state index contributed by atoms with van der Waals surface area (Å²) in [5, 5.41) is 3.00. The third-order valence-electron chi connectivity index (χ3n) is 6.11. The lowest BCUT2D eigenvalue weighted by atomic mass is 10.1. The van der Waals surface area contributed by atoms with Gasteiger partial charge in [-0.25, -0.2) is 4.98 Å². The van der Waals surface area contributed by atoms with Crippen LogP contribution in [0, 0.1) is 0 Å². The van der Waals surface area contributed by atoms with Crippen molar-refractivity contribution in [3.8, 4) is 17.2 Å². The van der Waals surface area contributed by atoms with E-state index in [1.54, 1.807) is 25.4 Å². The number of methoxy groups -OCH3 is 1. The molecule has 5 rings (SSSR count). The zero-order valence-corrected chi connectivity index (χ0v) is 19.3. The Labute approximate surface area is 198 Å². The maximum atomic E-state index is 13.1. The molecule has 1 aliphatic rings. The van der Waals surface area contributed by atoms with E-state index < -0.39 is 0 Å². The van der Waals surface area contributed by atoms with Gasteiger partial charge in [-0.15, -0.1) is 0 Å². The minimum atomic E-state index is -0.230. The van der Waals surface area contributed by atoms with Gasteiger partial charge in [0.25, 0.3) is 5.91 Å². The van der Waals surface area contributed by atoms with Crippen molar-refractivity contribution >= 4 is 22.8 Å². The van der Waals surface area contributed by atoms with Crippen molar-refractivity contribution in [2.75, 3.05) is 45.7 Å². The fourth-order valence-corrected chi connectivity index (χ4v) is 4.12. The summed E-state index contributed by atoms with van der Waals surface area (Å²) in [6, 6.07) is 16.7. The van der Waals surface area contributed by atoms with Crippen LogP contribution in [0.1, 0.15) is 15.9 Å². The lowest BCUT2D eigenvalue weighted by Crippen LogP contribution is -2.43. The van der Waals surface area contributed by atoms with Crippen molar-refractivity contribution in [2.24, 2.45) is 0 Å². The number of ether oxygens (including phenoxy) is 1. The normalized spacial score (nSPS) is 14.9. The molecule has 0 atom stereocenters. The van der Waals surface area contributed by atoms with Crippen molar-refractivity contribution in [2.45, 2.75) is 6.54 Å². The van der Waals surface area contributed by atoms with Gasteiger partial charge in [-0.1, -0.05) is 18.2 Å². The summed E-state index contributed by atoms with van der Waals surface area (Å²) in [4.78, 5) is 26.6. The van der Waals surface area contributed by atoms with Crippen LogP contribution in [0.5, 0.6) is 5.75 Å². The summed E-state index contributed by atoms with van der Waals surface area (Å²) in [5.74, 6) is 0.890. The smallest absolute Gasteiger partial charge is 0.255 e. The minimum absolute atomic E-state index is 0.230. The topological polar surface area (TPSA) is 83.7 Å². The highest BCUT2D eigenvalue weighted by Crippen LogP contribution is 2.30. The Morgan fingerprint density at radius 3 is 2.71 bits per heavy atom. The first kappa shape index (κ1) is 22.1. The number of hydrogen-bond acceptors (Lipinski definition) is 7. The number of fused-ring (bicyclic) bond motifs is 1. The number of aromatic nitrogens is 2. The van der Waals surface area contributed by atoms with E-state index in [1.165, 1.54) is 0 Å². The SMILES string of the molecule is COc1cc(C(=O)Nc2ccccc2-c2nc3ncccc3o2)ccc1CN1CCN(C)CC1. The number of carbonyl (C=O) groups is 1. The predicted molar refractivity (Wildman–Crippen MR) is 131 cm³/mol. The van der Waals surface area contributed by atoms with Crippen molar-refractivity contribution in [3.63, 3.8) is 0 Å². The van der Waals surface area contributed by atoms with Crippen LogP contribution in [0.2, 0.25) is 0 Å². The van der Waals surface area contributed by atoms with Gasteiger partial charge in [-0.3, -0.25) is 9.69 Å². The lowest BCUT2D eigenvalue weighted by molar-refractivity contribution is 0.102. The van der Waals surface area contributed by atoms with Crippen molar-refractivity contribution in [1.29, 1.82) is 0 Å². The van der Waals surface area contributed by atoms with Gasteiger partial charge in [-0.05, 0) is 43.4 Å². The molecule has 1 aliphatic heterocycles. The molecule has 2 aromatic carbocycles.